The van der Waals surface area contributed by atoms with Gasteiger partial charge in [-0.1, -0.05) is 13.8 Å². The zero-order chi connectivity index (χ0) is 12.4. The van der Waals surface area contributed by atoms with Crippen molar-refractivity contribution < 1.29 is 0 Å². The maximum atomic E-state index is 5.95. The lowest BCUT2D eigenvalue weighted by Crippen LogP contribution is -2.27. The normalized spacial score (nSPS) is 13.2. The maximum absolute atomic E-state index is 5.95. The van der Waals surface area contributed by atoms with Gasteiger partial charge in [-0.15, -0.1) is 11.6 Å². The molecule has 2 aromatic heterocycles. The van der Waals surface area contributed by atoms with E-state index in [9.17, 15) is 0 Å². The van der Waals surface area contributed by atoms with E-state index in [1.165, 1.54) is 0 Å². The van der Waals surface area contributed by atoms with E-state index >= 15 is 0 Å². The van der Waals surface area contributed by atoms with Crippen LogP contribution in [-0.4, -0.2) is 26.5 Å². The quantitative estimate of drug-likeness (QED) is 0.851. The number of fused-ring (bicyclic) bond motifs is 1. The second kappa shape index (κ2) is 4.92. The topological polar surface area (TPSA) is 42.7 Å². The third-order valence-electron chi connectivity index (χ3n) is 2.94. The minimum Gasteiger partial charge on any atom is -0.364 e. The fourth-order valence-electron chi connectivity index (χ4n) is 1.73. The number of alkyl halides is 1. The minimum atomic E-state index is 0.205. The Kier molecular flexibility index (Phi) is 3.52. The average Bonchev–Trinajstić information content (AvgIpc) is 2.69. The molecule has 0 aliphatic rings. The number of aryl methyl sites for hydroxylation is 1. The van der Waals surface area contributed by atoms with Crippen LogP contribution in [-0.2, 0) is 7.05 Å². The summed E-state index contributed by atoms with van der Waals surface area (Å²) in [7, 11) is 1.97. The molecule has 0 aromatic carbocycles. The van der Waals surface area contributed by atoms with Gasteiger partial charge in [0.1, 0.15) is 5.52 Å². The summed E-state index contributed by atoms with van der Waals surface area (Å²) in [4.78, 5) is 8.70. The Bertz CT molecular complexity index is 506. The van der Waals surface area contributed by atoms with Gasteiger partial charge in [-0.25, -0.2) is 9.97 Å². The molecule has 2 aromatic rings. The molecule has 4 nitrogen and oxygen atoms in total. The van der Waals surface area contributed by atoms with E-state index in [1.54, 1.807) is 12.5 Å². The third kappa shape index (κ3) is 2.36. The van der Waals surface area contributed by atoms with Gasteiger partial charge >= 0.3 is 0 Å². The number of nitrogens with zero attached hydrogens (tertiary/aromatic N) is 3. The van der Waals surface area contributed by atoms with Crippen LogP contribution < -0.4 is 5.32 Å². The van der Waals surface area contributed by atoms with Crippen LogP contribution >= 0.6 is 11.6 Å². The monoisotopic (exact) mass is 252 g/mol. The number of pyridine rings is 1. The number of aromatic nitrogens is 3. The highest BCUT2D eigenvalue weighted by atomic mass is 35.5. The lowest BCUT2D eigenvalue weighted by Gasteiger charge is -2.20. The van der Waals surface area contributed by atoms with Crippen LogP contribution in [0.3, 0.4) is 0 Å². The van der Waals surface area contributed by atoms with Gasteiger partial charge in [0, 0.05) is 25.2 Å². The molecular formula is C12H17ClN4. The van der Waals surface area contributed by atoms with E-state index in [0.717, 1.165) is 16.9 Å². The summed E-state index contributed by atoms with van der Waals surface area (Å²) in [6, 6.07) is 2.16. The molecule has 0 aliphatic heterocycles. The fraction of sp³-hybridized carbons (Fsp3) is 0.500. The molecule has 1 atom stereocenters. The van der Waals surface area contributed by atoms with Crippen molar-refractivity contribution in [3.63, 3.8) is 0 Å². The molecule has 92 valence electrons. The average molecular weight is 253 g/mol. The van der Waals surface area contributed by atoms with Crippen LogP contribution in [0.25, 0.3) is 11.0 Å². The highest BCUT2D eigenvalue weighted by Gasteiger charge is 2.15. The predicted octanol–water partition coefficient (Wildman–Crippen LogP) is 2.64. The molecule has 0 saturated carbocycles. The predicted molar refractivity (Wildman–Crippen MR) is 71.5 cm³/mol. The van der Waals surface area contributed by atoms with E-state index in [-0.39, 0.29) is 6.04 Å². The summed E-state index contributed by atoms with van der Waals surface area (Å²) in [5.41, 5.74) is 1.96. The zero-order valence-corrected chi connectivity index (χ0v) is 11.1. The van der Waals surface area contributed by atoms with Crippen molar-refractivity contribution in [1.82, 2.24) is 14.5 Å². The first-order valence-corrected chi connectivity index (χ1v) is 6.25. The van der Waals surface area contributed by atoms with E-state index < -0.39 is 0 Å². The first kappa shape index (κ1) is 12.2. The van der Waals surface area contributed by atoms with Gasteiger partial charge < -0.3 is 9.88 Å². The first-order chi connectivity index (χ1) is 8.13. The Labute approximate surface area is 106 Å². The zero-order valence-electron chi connectivity index (χ0n) is 10.3. The van der Waals surface area contributed by atoms with Crippen molar-refractivity contribution in [3.8, 4) is 0 Å². The second-order valence-corrected chi connectivity index (χ2v) is 4.84. The Hall–Kier alpha value is -1.29. The summed E-state index contributed by atoms with van der Waals surface area (Å²) in [6.45, 7) is 4.28. The van der Waals surface area contributed by atoms with Gasteiger partial charge in [0.25, 0.3) is 0 Å². The molecule has 0 radical (unpaired) electrons. The summed E-state index contributed by atoms with van der Waals surface area (Å²) < 4.78 is 1.98. The van der Waals surface area contributed by atoms with Crippen molar-refractivity contribution in [3.05, 3.63) is 18.6 Å². The molecule has 0 amide bonds. The number of hydrogen-bond acceptors (Lipinski definition) is 3. The molecule has 0 fully saturated rings. The highest BCUT2D eigenvalue weighted by Crippen LogP contribution is 2.20. The van der Waals surface area contributed by atoms with Gasteiger partial charge in [0.2, 0.25) is 0 Å². The smallest absolute Gasteiger partial charge is 0.154 e. The molecule has 2 rings (SSSR count). The van der Waals surface area contributed by atoms with Gasteiger partial charge in [-0.05, 0) is 12.0 Å². The Morgan fingerprint density at radius 1 is 1.41 bits per heavy atom. The Morgan fingerprint density at radius 2 is 2.18 bits per heavy atom. The van der Waals surface area contributed by atoms with Crippen molar-refractivity contribution in [1.29, 1.82) is 0 Å². The third-order valence-corrected chi connectivity index (χ3v) is 3.27. The number of rotatable bonds is 4. The number of nitrogens with one attached hydrogen (secondary N) is 1. The Balaban J connectivity index is 2.35. The van der Waals surface area contributed by atoms with Gasteiger partial charge in [-0.3, -0.25) is 0 Å². The summed E-state index contributed by atoms with van der Waals surface area (Å²) in [5, 5.41) is 3.37. The minimum absolute atomic E-state index is 0.205. The summed E-state index contributed by atoms with van der Waals surface area (Å²) in [5.74, 6) is 1.82. The van der Waals surface area contributed by atoms with E-state index in [4.69, 9.17) is 11.6 Å². The fourth-order valence-corrected chi connectivity index (χ4v) is 2.16. The van der Waals surface area contributed by atoms with E-state index in [1.807, 2.05) is 17.7 Å². The van der Waals surface area contributed by atoms with Gasteiger partial charge in [0.05, 0.1) is 11.8 Å². The molecule has 5 heteroatoms. The first-order valence-electron chi connectivity index (χ1n) is 5.72. The van der Waals surface area contributed by atoms with E-state index in [2.05, 4.69) is 29.1 Å². The Morgan fingerprint density at radius 3 is 2.82 bits per heavy atom. The molecule has 0 aliphatic carbocycles. The van der Waals surface area contributed by atoms with Crippen LogP contribution in [0, 0.1) is 5.92 Å². The molecule has 1 N–H and O–H groups in total. The summed E-state index contributed by atoms with van der Waals surface area (Å²) >= 11 is 5.95. The van der Waals surface area contributed by atoms with Crippen LogP contribution in [0.1, 0.15) is 13.8 Å². The van der Waals surface area contributed by atoms with E-state index in [0.29, 0.717) is 11.8 Å². The number of imidazole rings is 1. The number of hydrogen-bond donors (Lipinski definition) is 1. The molecule has 0 spiro atoms. The van der Waals surface area contributed by atoms with Gasteiger partial charge in [0.15, 0.2) is 5.82 Å². The van der Waals surface area contributed by atoms with Crippen LogP contribution in [0.2, 0.25) is 0 Å². The van der Waals surface area contributed by atoms with Crippen molar-refractivity contribution >= 4 is 28.5 Å². The SMILES string of the molecule is CC(C)C(CCl)Nc1nccc2c1ncn2C. The van der Waals surface area contributed by atoms with Gasteiger partial charge in [-0.2, -0.15) is 0 Å². The molecular weight excluding hydrogens is 236 g/mol. The van der Waals surface area contributed by atoms with Crippen molar-refractivity contribution in [2.45, 2.75) is 19.9 Å². The van der Waals surface area contributed by atoms with Crippen molar-refractivity contribution in [2.24, 2.45) is 13.0 Å². The largest absolute Gasteiger partial charge is 0.364 e. The molecule has 2 heterocycles. The highest BCUT2D eigenvalue weighted by molar-refractivity contribution is 6.18. The molecule has 1 unspecified atom stereocenters. The van der Waals surface area contributed by atoms with Crippen LogP contribution in [0.5, 0.6) is 0 Å². The second-order valence-electron chi connectivity index (χ2n) is 4.53. The van der Waals surface area contributed by atoms with Crippen LogP contribution in [0.4, 0.5) is 5.82 Å². The standard InChI is InChI=1S/C12H17ClN4/c1-8(2)9(6-13)16-12-11-10(4-5-14-12)17(3)7-15-11/h4-5,7-9H,6H2,1-3H3,(H,14,16). The molecule has 0 saturated heterocycles. The number of halogens is 1. The maximum Gasteiger partial charge on any atom is 0.154 e. The molecule has 17 heavy (non-hydrogen) atoms. The van der Waals surface area contributed by atoms with Crippen LogP contribution in [0.15, 0.2) is 18.6 Å². The van der Waals surface area contributed by atoms with Crippen molar-refractivity contribution in [2.75, 3.05) is 11.2 Å². The molecule has 0 bridgehead atoms. The lowest BCUT2D eigenvalue weighted by molar-refractivity contribution is 0.563. The number of anilines is 1. The lowest BCUT2D eigenvalue weighted by atomic mass is 10.1. The summed E-state index contributed by atoms with van der Waals surface area (Å²) in [6.07, 6.45) is 3.58.